The van der Waals surface area contributed by atoms with Crippen molar-refractivity contribution in [3.8, 4) is 0 Å². The molecule has 3 nitrogen and oxygen atoms in total. The maximum Gasteiger partial charge on any atom is 0.230 e. The molecular weight excluding hydrogens is 142 g/mol. The molecule has 2 rings (SSSR count). The van der Waals surface area contributed by atoms with Gasteiger partial charge in [-0.2, -0.15) is 0 Å². The summed E-state index contributed by atoms with van der Waals surface area (Å²) >= 11 is 0. The zero-order chi connectivity index (χ0) is 7.73. The Hall–Kier alpha value is -0.120. The van der Waals surface area contributed by atoms with E-state index in [4.69, 9.17) is 9.47 Å². The lowest BCUT2D eigenvalue weighted by Gasteiger charge is -2.28. The van der Waals surface area contributed by atoms with Crippen LogP contribution in [0.1, 0.15) is 19.8 Å². The second-order valence-corrected chi connectivity index (χ2v) is 3.15. The Balaban J connectivity index is 2.07. The summed E-state index contributed by atoms with van der Waals surface area (Å²) in [4.78, 5) is 2.30. The smallest absolute Gasteiger partial charge is 0.230 e. The van der Waals surface area contributed by atoms with Crippen LogP contribution in [0.4, 0.5) is 0 Å². The second kappa shape index (κ2) is 2.73. The van der Waals surface area contributed by atoms with Gasteiger partial charge in [0.25, 0.3) is 0 Å². The van der Waals surface area contributed by atoms with Gasteiger partial charge in [0.15, 0.2) is 0 Å². The Morgan fingerprint density at radius 1 is 1.27 bits per heavy atom. The molecule has 2 saturated heterocycles. The molecule has 2 heterocycles. The molecule has 0 radical (unpaired) electrons. The first kappa shape index (κ1) is 7.53. The van der Waals surface area contributed by atoms with E-state index in [-0.39, 0.29) is 5.91 Å². The van der Waals surface area contributed by atoms with E-state index in [9.17, 15) is 0 Å². The quantitative estimate of drug-likeness (QED) is 0.592. The summed E-state index contributed by atoms with van der Waals surface area (Å²) in [5.74, 6) is -0.311. The molecule has 0 aromatic heterocycles. The zero-order valence-electron chi connectivity index (χ0n) is 7.01. The van der Waals surface area contributed by atoms with Gasteiger partial charge >= 0.3 is 0 Å². The monoisotopic (exact) mass is 157 g/mol. The van der Waals surface area contributed by atoms with E-state index in [1.54, 1.807) is 0 Å². The van der Waals surface area contributed by atoms with Crippen LogP contribution in [0.2, 0.25) is 0 Å². The highest BCUT2D eigenvalue weighted by Crippen LogP contribution is 2.33. The molecule has 3 heteroatoms. The molecule has 0 saturated carbocycles. The highest BCUT2D eigenvalue weighted by Gasteiger charge is 2.46. The molecule has 0 aliphatic carbocycles. The van der Waals surface area contributed by atoms with E-state index in [0.717, 1.165) is 39.1 Å². The van der Waals surface area contributed by atoms with Crippen molar-refractivity contribution in [2.24, 2.45) is 0 Å². The van der Waals surface area contributed by atoms with Crippen LogP contribution in [-0.4, -0.2) is 37.1 Å². The number of hydrogen-bond donors (Lipinski definition) is 0. The minimum absolute atomic E-state index is 0.311. The van der Waals surface area contributed by atoms with E-state index in [1.165, 1.54) is 0 Å². The van der Waals surface area contributed by atoms with Crippen LogP contribution in [0.25, 0.3) is 0 Å². The maximum absolute atomic E-state index is 5.61. The van der Waals surface area contributed by atoms with Gasteiger partial charge in [-0.05, 0) is 6.42 Å². The number of ether oxygens (including phenoxy) is 2. The minimum Gasteiger partial charge on any atom is -0.336 e. The molecule has 0 aromatic rings. The molecule has 0 amide bonds. The van der Waals surface area contributed by atoms with Crippen molar-refractivity contribution in [2.45, 2.75) is 25.7 Å². The van der Waals surface area contributed by atoms with E-state index in [0.29, 0.717) is 0 Å². The van der Waals surface area contributed by atoms with Crippen molar-refractivity contribution in [3.05, 3.63) is 0 Å². The molecule has 2 aliphatic heterocycles. The first-order valence-corrected chi connectivity index (χ1v) is 4.40. The van der Waals surface area contributed by atoms with Crippen LogP contribution >= 0.6 is 0 Å². The van der Waals surface area contributed by atoms with Gasteiger partial charge in [0.2, 0.25) is 5.91 Å². The van der Waals surface area contributed by atoms with Gasteiger partial charge in [0, 0.05) is 19.5 Å². The Labute approximate surface area is 67.3 Å². The van der Waals surface area contributed by atoms with Crippen molar-refractivity contribution < 1.29 is 9.47 Å². The summed E-state index contributed by atoms with van der Waals surface area (Å²) in [6, 6.07) is 0. The minimum atomic E-state index is -0.311. The van der Waals surface area contributed by atoms with Crippen LogP contribution in [0.5, 0.6) is 0 Å². The van der Waals surface area contributed by atoms with Gasteiger partial charge in [0.1, 0.15) is 0 Å². The highest BCUT2D eigenvalue weighted by molar-refractivity contribution is 4.82. The summed E-state index contributed by atoms with van der Waals surface area (Å²) in [5, 5.41) is 0. The third kappa shape index (κ3) is 1.08. The fraction of sp³-hybridized carbons (Fsp3) is 1.00. The molecule has 0 bridgehead atoms. The van der Waals surface area contributed by atoms with E-state index < -0.39 is 0 Å². The first-order valence-electron chi connectivity index (χ1n) is 4.40. The number of rotatable bonds is 2. The van der Waals surface area contributed by atoms with Crippen LogP contribution in [0, 0.1) is 0 Å². The van der Waals surface area contributed by atoms with Crippen molar-refractivity contribution >= 4 is 0 Å². The molecule has 0 spiro atoms. The van der Waals surface area contributed by atoms with Crippen molar-refractivity contribution in [1.82, 2.24) is 4.90 Å². The molecule has 64 valence electrons. The average Bonchev–Trinajstić information content (AvgIpc) is 2.45. The normalized spacial score (nSPS) is 29.2. The Morgan fingerprint density at radius 2 is 1.91 bits per heavy atom. The molecule has 0 N–H and O–H groups in total. The molecule has 2 fully saturated rings. The van der Waals surface area contributed by atoms with E-state index in [2.05, 4.69) is 11.8 Å². The summed E-state index contributed by atoms with van der Waals surface area (Å²) in [7, 11) is 0. The van der Waals surface area contributed by atoms with Crippen molar-refractivity contribution in [1.29, 1.82) is 0 Å². The molecule has 0 atom stereocenters. The number of nitrogens with zero attached hydrogens (tertiary/aromatic N) is 1. The number of hydrogen-bond acceptors (Lipinski definition) is 3. The second-order valence-electron chi connectivity index (χ2n) is 3.15. The zero-order valence-corrected chi connectivity index (χ0v) is 7.01. The lowest BCUT2D eigenvalue weighted by atomic mass is 10.2. The van der Waals surface area contributed by atoms with Crippen LogP contribution in [0.3, 0.4) is 0 Å². The fourth-order valence-corrected chi connectivity index (χ4v) is 1.93. The van der Waals surface area contributed by atoms with Crippen LogP contribution in [0.15, 0.2) is 0 Å². The van der Waals surface area contributed by atoms with Crippen molar-refractivity contribution in [3.63, 3.8) is 0 Å². The van der Waals surface area contributed by atoms with Gasteiger partial charge in [-0.15, -0.1) is 0 Å². The third-order valence-corrected chi connectivity index (χ3v) is 2.43. The van der Waals surface area contributed by atoms with Gasteiger partial charge in [0.05, 0.1) is 13.2 Å². The van der Waals surface area contributed by atoms with Crippen molar-refractivity contribution in [2.75, 3.05) is 26.3 Å². The maximum atomic E-state index is 5.61. The molecule has 0 aromatic carbocycles. The molecule has 11 heavy (non-hydrogen) atoms. The van der Waals surface area contributed by atoms with E-state index in [1.807, 2.05) is 0 Å². The van der Waals surface area contributed by atoms with Gasteiger partial charge in [-0.3, -0.25) is 0 Å². The molecular formula is C8H15NO2. The highest BCUT2D eigenvalue weighted by atomic mass is 16.7. The summed E-state index contributed by atoms with van der Waals surface area (Å²) < 4.78 is 11.2. The predicted molar refractivity (Wildman–Crippen MR) is 41.1 cm³/mol. The van der Waals surface area contributed by atoms with Crippen LogP contribution < -0.4 is 0 Å². The third-order valence-electron chi connectivity index (χ3n) is 2.43. The Bertz CT molecular complexity index is 139. The topological polar surface area (TPSA) is 21.7 Å². The SMILES string of the molecule is CCCC12OCCN1CCO2. The Morgan fingerprint density at radius 3 is 2.45 bits per heavy atom. The average molecular weight is 157 g/mol. The van der Waals surface area contributed by atoms with Gasteiger partial charge < -0.3 is 9.47 Å². The molecule has 0 unspecified atom stereocenters. The molecule has 2 aliphatic rings. The summed E-state index contributed by atoms with van der Waals surface area (Å²) in [6.45, 7) is 5.91. The predicted octanol–water partition coefficient (Wildman–Crippen LogP) is 0.803. The summed E-state index contributed by atoms with van der Waals surface area (Å²) in [6.07, 6.45) is 2.13. The largest absolute Gasteiger partial charge is 0.336 e. The fourth-order valence-electron chi connectivity index (χ4n) is 1.93. The number of fused-ring (bicyclic) bond motifs is 1. The first-order chi connectivity index (χ1) is 5.37. The van der Waals surface area contributed by atoms with Crippen LogP contribution in [-0.2, 0) is 9.47 Å². The standard InChI is InChI=1S/C8H15NO2/c1-2-3-8-9(4-6-10-8)5-7-11-8/h2-7H2,1H3. The van der Waals surface area contributed by atoms with E-state index >= 15 is 0 Å². The lowest BCUT2D eigenvalue weighted by molar-refractivity contribution is -0.235. The Kier molecular flexibility index (Phi) is 1.87. The van der Waals surface area contributed by atoms with Gasteiger partial charge in [-0.1, -0.05) is 6.92 Å². The van der Waals surface area contributed by atoms with Gasteiger partial charge in [-0.25, -0.2) is 4.90 Å². The summed E-state index contributed by atoms with van der Waals surface area (Å²) in [5.41, 5.74) is 0. The lowest BCUT2D eigenvalue weighted by Crippen LogP contribution is -2.40.